The molecule has 0 aliphatic heterocycles. The summed E-state index contributed by atoms with van der Waals surface area (Å²) in [5, 5.41) is 0.968. The maximum atomic E-state index is 10.5. The molecule has 0 bridgehead atoms. The van der Waals surface area contributed by atoms with Gasteiger partial charge >= 0.3 is 6.03 Å². The molecule has 1 aromatic rings. The van der Waals surface area contributed by atoms with Gasteiger partial charge in [0.05, 0.1) is 6.54 Å². The van der Waals surface area contributed by atoms with E-state index in [4.69, 9.17) is 11.6 Å². The van der Waals surface area contributed by atoms with Crippen LogP contribution in [0.4, 0.5) is 4.79 Å². The summed E-state index contributed by atoms with van der Waals surface area (Å²) >= 11 is 0. The molecule has 0 saturated carbocycles. The highest BCUT2D eigenvalue weighted by atomic mass is 35.5. The molecule has 1 rings (SSSR count). The van der Waals surface area contributed by atoms with Crippen molar-refractivity contribution >= 4 is 18.4 Å². The van der Waals surface area contributed by atoms with Crippen LogP contribution in [0.3, 0.4) is 0 Å². The topological polar surface area (TPSA) is 72.4 Å². The number of nitrogens with zero attached hydrogens (tertiary/aromatic N) is 1. The van der Waals surface area contributed by atoms with Crippen molar-refractivity contribution in [1.82, 2.24) is 5.01 Å². The van der Waals surface area contributed by atoms with E-state index in [2.05, 4.69) is 0 Å². The number of halogens is 1. The third kappa shape index (κ3) is 3.78. The van der Waals surface area contributed by atoms with Crippen LogP contribution in [-0.4, -0.2) is 11.0 Å². The van der Waals surface area contributed by atoms with Gasteiger partial charge in [-0.15, -0.1) is 12.4 Å². The fourth-order valence-electron chi connectivity index (χ4n) is 0.858. The lowest BCUT2D eigenvalue weighted by Gasteiger charge is -2.12. The van der Waals surface area contributed by atoms with E-state index in [9.17, 15) is 4.79 Å². The van der Waals surface area contributed by atoms with Gasteiger partial charge < -0.3 is 5.73 Å². The Balaban J connectivity index is 0.00000144. The summed E-state index contributed by atoms with van der Waals surface area (Å²) in [5.41, 5.74) is 5.90. The van der Waals surface area contributed by atoms with Gasteiger partial charge in [-0.25, -0.2) is 10.6 Å². The summed E-state index contributed by atoms with van der Waals surface area (Å²) in [4.78, 5) is 10.5. The van der Waals surface area contributed by atoms with Gasteiger partial charge in [-0.3, -0.25) is 5.01 Å². The van der Waals surface area contributed by atoms with E-state index in [0.717, 1.165) is 10.6 Å². The zero-order valence-electron chi connectivity index (χ0n) is 7.01. The number of amides is 2. The molecule has 0 fully saturated rings. The van der Waals surface area contributed by atoms with E-state index in [1.165, 1.54) is 0 Å². The van der Waals surface area contributed by atoms with Crippen LogP contribution >= 0.6 is 12.4 Å². The summed E-state index contributed by atoms with van der Waals surface area (Å²) in [7, 11) is 0. The Kier molecular flexibility index (Phi) is 4.87. The second-order valence-electron chi connectivity index (χ2n) is 2.45. The van der Waals surface area contributed by atoms with Crippen LogP contribution in [0.25, 0.3) is 0 Å². The van der Waals surface area contributed by atoms with Crippen molar-refractivity contribution in [3.63, 3.8) is 0 Å². The Morgan fingerprint density at radius 1 is 1.31 bits per heavy atom. The largest absolute Gasteiger partial charge is 0.350 e. The SMILES string of the molecule is Cl.NC(=O)N(N)Cc1ccccc1. The number of benzene rings is 1. The first-order chi connectivity index (χ1) is 5.70. The molecule has 0 aromatic heterocycles. The van der Waals surface area contributed by atoms with Gasteiger partial charge in [0.2, 0.25) is 0 Å². The zero-order chi connectivity index (χ0) is 8.97. The molecule has 0 saturated heterocycles. The average Bonchev–Trinajstić information content (AvgIpc) is 2.06. The Labute approximate surface area is 82.9 Å². The minimum Gasteiger partial charge on any atom is -0.350 e. The Hall–Kier alpha value is -1.26. The lowest BCUT2D eigenvalue weighted by molar-refractivity contribution is 0.206. The lowest BCUT2D eigenvalue weighted by atomic mass is 10.2. The normalized spacial score (nSPS) is 8.69. The number of hydrazine groups is 1. The predicted octanol–water partition coefficient (Wildman–Crippen LogP) is 0.863. The number of urea groups is 1. The minimum atomic E-state index is -0.626. The van der Waals surface area contributed by atoms with Crippen LogP contribution in [0.5, 0.6) is 0 Å². The molecule has 1 aromatic carbocycles. The molecular weight excluding hydrogens is 190 g/mol. The molecular formula is C8H12ClN3O. The average molecular weight is 202 g/mol. The second kappa shape index (κ2) is 5.40. The molecule has 13 heavy (non-hydrogen) atoms. The minimum absolute atomic E-state index is 0. The Morgan fingerprint density at radius 2 is 1.85 bits per heavy atom. The van der Waals surface area contributed by atoms with E-state index < -0.39 is 6.03 Å². The van der Waals surface area contributed by atoms with Gasteiger partial charge in [-0.2, -0.15) is 0 Å². The van der Waals surface area contributed by atoms with Crippen LogP contribution < -0.4 is 11.6 Å². The maximum absolute atomic E-state index is 10.5. The smallest absolute Gasteiger partial charge is 0.329 e. The molecule has 0 heterocycles. The van der Waals surface area contributed by atoms with Crippen molar-refractivity contribution in [2.75, 3.05) is 0 Å². The lowest BCUT2D eigenvalue weighted by Crippen LogP contribution is -2.40. The molecule has 0 radical (unpaired) electrons. The highest BCUT2D eigenvalue weighted by Crippen LogP contribution is 2.00. The number of nitrogens with two attached hydrogens (primary N) is 2. The molecule has 0 aliphatic carbocycles. The predicted molar refractivity (Wildman–Crippen MR) is 53.0 cm³/mol. The summed E-state index contributed by atoms with van der Waals surface area (Å²) in [5.74, 6) is 5.31. The third-order valence-corrected chi connectivity index (χ3v) is 1.48. The number of hydrogen-bond donors (Lipinski definition) is 2. The fraction of sp³-hybridized carbons (Fsp3) is 0.125. The molecule has 4 N–H and O–H groups in total. The number of rotatable bonds is 2. The van der Waals surface area contributed by atoms with Crippen LogP contribution in [-0.2, 0) is 6.54 Å². The summed E-state index contributed by atoms with van der Waals surface area (Å²) < 4.78 is 0. The first-order valence-electron chi connectivity index (χ1n) is 3.56. The van der Waals surface area contributed by atoms with E-state index in [-0.39, 0.29) is 12.4 Å². The standard InChI is InChI=1S/C8H11N3O.ClH/c9-8(12)11(10)6-7-4-2-1-3-5-7;/h1-5H,6,10H2,(H2,9,12);1H. The number of primary amides is 1. The first-order valence-corrected chi connectivity index (χ1v) is 3.56. The van der Waals surface area contributed by atoms with Gasteiger partial charge in [0.25, 0.3) is 0 Å². The monoisotopic (exact) mass is 201 g/mol. The third-order valence-electron chi connectivity index (χ3n) is 1.48. The maximum Gasteiger partial charge on any atom is 0.329 e. The van der Waals surface area contributed by atoms with Crippen molar-refractivity contribution in [1.29, 1.82) is 0 Å². The highest BCUT2D eigenvalue weighted by Gasteiger charge is 2.02. The number of carbonyl (C=O) groups is 1. The molecule has 0 spiro atoms. The molecule has 0 unspecified atom stereocenters. The molecule has 2 amide bonds. The second-order valence-corrected chi connectivity index (χ2v) is 2.45. The van der Waals surface area contributed by atoms with Crippen molar-refractivity contribution in [3.05, 3.63) is 35.9 Å². The molecule has 72 valence electrons. The van der Waals surface area contributed by atoms with Gasteiger partial charge in [0, 0.05) is 0 Å². The van der Waals surface area contributed by atoms with Crippen LogP contribution in [0, 0.1) is 0 Å². The summed E-state index contributed by atoms with van der Waals surface area (Å²) in [6.45, 7) is 0.343. The molecule has 5 heteroatoms. The molecule has 0 atom stereocenters. The summed E-state index contributed by atoms with van der Waals surface area (Å²) in [6, 6.07) is 8.79. The molecule has 0 aliphatic rings. The van der Waals surface area contributed by atoms with Crippen LogP contribution in [0.15, 0.2) is 30.3 Å². The van der Waals surface area contributed by atoms with Crippen LogP contribution in [0.1, 0.15) is 5.56 Å². The van der Waals surface area contributed by atoms with E-state index in [0.29, 0.717) is 6.54 Å². The molecule has 4 nitrogen and oxygen atoms in total. The number of carbonyl (C=O) groups excluding carboxylic acids is 1. The van der Waals surface area contributed by atoms with Crippen molar-refractivity contribution in [3.8, 4) is 0 Å². The Morgan fingerprint density at radius 3 is 2.31 bits per heavy atom. The zero-order valence-corrected chi connectivity index (χ0v) is 7.83. The van der Waals surface area contributed by atoms with Crippen LogP contribution in [0.2, 0.25) is 0 Å². The number of hydrogen-bond acceptors (Lipinski definition) is 2. The van der Waals surface area contributed by atoms with E-state index in [1.54, 1.807) is 0 Å². The fourth-order valence-corrected chi connectivity index (χ4v) is 0.858. The van der Waals surface area contributed by atoms with Gasteiger partial charge in [-0.1, -0.05) is 30.3 Å². The van der Waals surface area contributed by atoms with Gasteiger partial charge in [0.15, 0.2) is 0 Å². The van der Waals surface area contributed by atoms with Gasteiger partial charge in [0.1, 0.15) is 0 Å². The highest BCUT2D eigenvalue weighted by molar-refractivity contribution is 5.85. The van der Waals surface area contributed by atoms with Crippen molar-refractivity contribution < 1.29 is 4.79 Å². The van der Waals surface area contributed by atoms with E-state index >= 15 is 0 Å². The quantitative estimate of drug-likeness (QED) is 0.423. The first kappa shape index (κ1) is 11.7. The summed E-state index contributed by atoms with van der Waals surface area (Å²) in [6.07, 6.45) is 0. The van der Waals surface area contributed by atoms with E-state index in [1.807, 2.05) is 30.3 Å². The van der Waals surface area contributed by atoms with Crippen molar-refractivity contribution in [2.24, 2.45) is 11.6 Å². The van der Waals surface area contributed by atoms with Gasteiger partial charge in [-0.05, 0) is 5.56 Å². The Bertz CT molecular complexity index is 265. The van der Waals surface area contributed by atoms with Crippen molar-refractivity contribution in [2.45, 2.75) is 6.54 Å².